The molecule has 1 amide bonds. The molecule has 1 aliphatic rings. The Labute approximate surface area is 112 Å². The Balaban J connectivity index is 2.63. The Morgan fingerprint density at radius 3 is 2.56 bits per heavy atom. The van der Waals surface area contributed by atoms with Gasteiger partial charge in [0, 0.05) is 37.8 Å². The average molecular weight is 278 g/mol. The zero-order valence-corrected chi connectivity index (χ0v) is 11.6. The number of thiocarbonyl (C=S) groups is 1. The fourth-order valence-electron chi connectivity index (χ4n) is 2.25. The number of carbonyl (C=O) groups excluding carboxylic acids is 1. The summed E-state index contributed by atoms with van der Waals surface area (Å²) in [5.41, 5.74) is 5.41. The molecular weight excluding hydrogens is 258 g/mol. The summed E-state index contributed by atoms with van der Waals surface area (Å²) < 4.78 is 26.2. The predicted octanol–water partition coefficient (Wildman–Crippen LogP) is 2.33. The molecule has 1 saturated carbocycles. The van der Waals surface area contributed by atoms with Crippen molar-refractivity contribution in [2.45, 2.75) is 51.5 Å². The molecule has 1 aliphatic carbocycles. The van der Waals surface area contributed by atoms with Gasteiger partial charge in [-0.15, -0.1) is 0 Å². The second-order valence-corrected chi connectivity index (χ2v) is 5.66. The van der Waals surface area contributed by atoms with Crippen LogP contribution in [0.4, 0.5) is 8.78 Å². The molecule has 1 unspecified atom stereocenters. The molecular formula is C12H20F2N2OS. The summed E-state index contributed by atoms with van der Waals surface area (Å²) in [6.45, 7) is 4.14. The number of amides is 1. The number of nitrogens with two attached hydrogens (primary N) is 1. The minimum Gasteiger partial charge on any atom is -0.393 e. The van der Waals surface area contributed by atoms with Crippen LogP contribution in [0, 0.1) is 5.92 Å². The van der Waals surface area contributed by atoms with E-state index in [0.29, 0.717) is 18.0 Å². The van der Waals surface area contributed by atoms with Gasteiger partial charge in [0.25, 0.3) is 0 Å². The number of halogens is 2. The smallest absolute Gasteiger partial charge is 0.248 e. The SMILES string of the molecule is CC(C)N(CCC(N)=S)C(=O)C1CCC(F)(F)C1. The van der Waals surface area contributed by atoms with Crippen LogP contribution in [0.2, 0.25) is 0 Å². The summed E-state index contributed by atoms with van der Waals surface area (Å²) in [5, 5.41) is 0. The number of hydrogen-bond donors (Lipinski definition) is 1. The highest BCUT2D eigenvalue weighted by molar-refractivity contribution is 7.80. The van der Waals surface area contributed by atoms with E-state index in [1.165, 1.54) is 0 Å². The first-order chi connectivity index (χ1) is 8.23. The molecule has 0 spiro atoms. The Kier molecular flexibility index (Phi) is 5.01. The molecule has 0 radical (unpaired) electrons. The normalized spacial score (nSPS) is 22.2. The molecule has 0 aromatic heterocycles. The lowest BCUT2D eigenvalue weighted by atomic mass is 10.1. The zero-order valence-electron chi connectivity index (χ0n) is 10.8. The third-order valence-electron chi connectivity index (χ3n) is 3.26. The van der Waals surface area contributed by atoms with Gasteiger partial charge in [-0.3, -0.25) is 4.79 Å². The van der Waals surface area contributed by atoms with Gasteiger partial charge in [-0.2, -0.15) is 0 Å². The highest BCUT2D eigenvalue weighted by Gasteiger charge is 2.43. The average Bonchev–Trinajstić information content (AvgIpc) is 2.57. The maximum absolute atomic E-state index is 13.1. The molecule has 0 bridgehead atoms. The van der Waals surface area contributed by atoms with E-state index in [1.54, 1.807) is 4.90 Å². The summed E-state index contributed by atoms with van der Waals surface area (Å²) in [6, 6.07) is -0.0268. The highest BCUT2D eigenvalue weighted by Crippen LogP contribution is 2.39. The first-order valence-electron chi connectivity index (χ1n) is 6.19. The molecule has 104 valence electrons. The van der Waals surface area contributed by atoms with Gasteiger partial charge >= 0.3 is 0 Å². The highest BCUT2D eigenvalue weighted by atomic mass is 32.1. The second-order valence-electron chi connectivity index (χ2n) is 5.14. The van der Waals surface area contributed by atoms with E-state index >= 15 is 0 Å². The summed E-state index contributed by atoms with van der Waals surface area (Å²) in [6.07, 6.45) is 0.178. The van der Waals surface area contributed by atoms with Crippen molar-refractivity contribution < 1.29 is 13.6 Å². The van der Waals surface area contributed by atoms with E-state index in [-0.39, 0.29) is 31.2 Å². The second kappa shape index (κ2) is 5.91. The Morgan fingerprint density at radius 1 is 1.56 bits per heavy atom. The zero-order chi connectivity index (χ0) is 13.9. The monoisotopic (exact) mass is 278 g/mol. The summed E-state index contributed by atoms with van der Waals surface area (Å²) in [7, 11) is 0. The van der Waals surface area contributed by atoms with Crippen LogP contribution in [0.25, 0.3) is 0 Å². The van der Waals surface area contributed by atoms with E-state index in [2.05, 4.69) is 0 Å². The predicted molar refractivity (Wildman–Crippen MR) is 70.5 cm³/mol. The van der Waals surface area contributed by atoms with Gasteiger partial charge in [-0.1, -0.05) is 12.2 Å². The maximum Gasteiger partial charge on any atom is 0.248 e. The first kappa shape index (κ1) is 15.3. The van der Waals surface area contributed by atoms with Crippen molar-refractivity contribution in [3.8, 4) is 0 Å². The lowest BCUT2D eigenvalue weighted by Gasteiger charge is -2.29. The van der Waals surface area contributed by atoms with Gasteiger partial charge in [0.2, 0.25) is 11.8 Å². The number of alkyl halides is 2. The molecule has 0 aromatic rings. The van der Waals surface area contributed by atoms with Crippen molar-refractivity contribution in [1.82, 2.24) is 4.90 Å². The topological polar surface area (TPSA) is 46.3 Å². The summed E-state index contributed by atoms with van der Waals surface area (Å²) in [5.74, 6) is -3.45. The number of hydrogen-bond acceptors (Lipinski definition) is 2. The molecule has 0 saturated heterocycles. The molecule has 0 heterocycles. The number of nitrogens with zero attached hydrogens (tertiary/aromatic N) is 1. The quantitative estimate of drug-likeness (QED) is 0.785. The van der Waals surface area contributed by atoms with Gasteiger partial charge in [0.1, 0.15) is 0 Å². The minimum absolute atomic E-state index is 0.0268. The maximum atomic E-state index is 13.1. The molecule has 6 heteroatoms. The third-order valence-corrected chi connectivity index (χ3v) is 3.46. The van der Waals surface area contributed by atoms with Crippen LogP contribution in [0.5, 0.6) is 0 Å². The fraction of sp³-hybridized carbons (Fsp3) is 0.833. The lowest BCUT2D eigenvalue weighted by Crippen LogP contribution is -2.42. The molecule has 3 nitrogen and oxygen atoms in total. The third kappa shape index (κ3) is 4.15. The molecule has 0 aliphatic heterocycles. The Morgan fingerprint density at radius 2 is 2.17 bits per heavy atom. The van der Waals surface area contributed by atoms with E-state index in [0.717, 1.165) is 0 Å². The molecule has 1 atom stereocenters. The summed E-state index contributed by atoms with van der Waals surface area (Å²) >= 11 is 4.78. The van der Waals surface area contributed by atoms with Gasteiger partial charge in [-0.05, 0) is 20.3 Å². The first-order valence-corrected chi connectivity index (χ1v) is 6.60. The number of rotatable bonds is 5. The Bertz CT molecular complexity index is 334. The van der Waals surface area contributed by atoms with Crippen LogP contribution in [0.1, 0.15) is 39.5 Å². The standard InChI is InChI=1S/C12H20F2N2OS/c1-8(2)16(6-4-10(15)18)11(17)9-3-5-12(13,14)7-9/h8-9H,3-7H2,1-2H3,(H2,15,18). The van der Waals surface area contributed by atoms with E-state index < -0.39 is 11.8 Å². The molecule has 18 heavy (non-hydrogen) atoms. The lowest BCUT2D eigenvalue weighted by molar-refractivity contribution is -0.138. The Hall–Kier alpha value is -0.780. The van der Waals surface area contributed by atoms with Gasteiger partial charge in [-0.25, -0.2) is 8.78 Å². The van der Waals surface area contributed by atoms with Crippen LogP contribution in [0.15, 0.2) is 0 Å². The van der Waals surface area contributed by atoms with Crippen LogP contribution in [-0.4, -0.2) is 34.3 Å². The van der Waals surface area contributed by atoms with Crippen molar-refractivity contribution in [3.05, 3.63) is 0 Å². The van der Waals surface area contributed by atoms with Gasteiger partial charge < -0.3 is 10.6 Å². The molecule has 0 aromatic carbocycles. The van der Waals surface area contributed by atoms with Crippen molar-refractivity contribution in [3.63, 3.8) is 0 Å². The fourth-order valence-corrected chi connectivity index (χ4v) is 2.34. The van der Waals surface area contributed by atoms with Gasteiger partial charge in [0.15, 0.2) is 0 Å². The van der Waals surface area contributed by atoms with Crippen molar-refractivity contribution in [2.24, 2.45) is 11.7 Å². The summed E-state index contributed by atoms with van der Waals surface area (Å²) in [4.78, 5) is 14.1. The minimum atomic E-state index is -2.69. The largest absolute Gasteiger partial charge is 0.393 e. The van der Waals surface area contributed by atoms with Crippen LogP contribution < -0.4 is 5.73 Å². The van der Waals surface area contributed by atoms with E-state index in [9.17, 15) is 13.6 Å². The van der Waals surface area contributed by atoms with Crippen LogP contribution in [-0.2, 0) is 4.79 Å². The number of carbonyl (C=O) groups is 1. The van der Waals surface area contributed by atoms with E-state index in [1.807, 2.05) is 13.8 Å². The van der Waals surface area contributed by atoms with Crippen molar-refractivity contribution in [2.75, 3.05) is 6.54 Å². The molecule has 1 fully saturated rings. The van der Waals surface area contributed by atoms with Gasteiger partial charge in [0.05, 0.1) is 4.99 Å². The van der Waals surface area contributed by atoms with E-state index in [4.69, 9.17) is 18.0 Å². The van der Waals surface area contributed by atoms with Crippen molar-refractivity contribution in [1.29, 1.82) is 0 Å². The van der Waals surface area contributed by atoms with Crippen LogP contribution in [0.3, 0.4) is 0 Å². The molecule has 2 N–H and O–H groups in total. The van der Waals surface area contributed by atoms with Crippen molar-refractivity contribution >= 4 is 23.1 Å². The van der Waals surface area contributed by atoms with Crippen LogP contribution >= 0.6 is 12.2 Å². The molecule has 1 rings (SSSR count).